The number of nitrogens with one attached hydrogen (secondary N) is 1. The van der Waals surface area contributed by atoms with Crippen LogP contribution in [0.3, 0.4) is 0 Å². The third kappa shape index (κ3) is 3.25. The van der Waals surface area contributed by atoms with Gasteiger partial charge in [-0.25, -0.2) is 9.97 Å². The molecule has 0 unspecified atom stereocenters. The van der Waals surface area contributed by atoms with Gasteiger partial charge in [-0.2, -0.15) is 13.2 Å². The predicted octanol–water partition coefficient (Wildman–Crippen LogP) is 3.47. The van der Waals surface area contributed by atoms with Crippen molar-refractivity contribution in [2.75, 3.05) is 11.1 Å². The van der Waals surface area contributed by atoms with Gasteiger partial charge in [0.25, 0.3) is 0 Å². The summed E-state index contributed by atoms with van der Waals surface area (Å²) in [6, 6.07) is 4.36. The molecule has 0 aliphatic heterocycles. The SMILES string of the molecule is Nc1cc(Nc2cc(C(F)(F)F)ccc2Cl)ncn1. The Labute approximate surface area is 111 Å². The molecule has 0 fully saturated rings. The van der Waals surface area contributed by atoms with E-state index in [1.54, 1.807) is 0 Å². The van der Waals surface area contributed by atoms with Crippen LogP contribution < -0.4 is 11.1 Å². The number of halogens is 4. The molecule has 1 aromatic carbocycles. The van der Waals surface area contributed by atoms with Crippen molar-refractivity contribution in [3.8, 4) is 0 Å². The van der Waals surface area contributed by atoms with Crippen LogP contribution in [-0.4, -0.2) is 9.97 Å². The highest BCUT2D eigenvalue weighted by Gasteiger charge is 2.30. The Morgan fingerprint density at radius 1 is 1.16 bits per heavy atom. The predicted molar refractivity (Wildman–Crippen MR) is 66.2 cm³/mol. The van der Waals surface area contributed by atoms with Crippen molar-refractivity contribution in [3.05, 3.63) is 41.2 Å². The molecular formula is C11H8ClF3N4. The molecule has 0 atom stereocenters. The second-order valence-corrected chi connectivity index (χ2v) is 4.05. The minimum Gasteiger partial charge on any atom is -0.384 e. The number of hydrogen-bond donors (Lipinski definition) is 2. The fourth-order valence-electron chi connectivity index (χ4n) is 1.38. The van der Waals surface area contributed by atoms with E-state index in [1.807, 2.05) is 0 Å². The molecule has 0 bridgehead atoms. The van der Waals surface area contributed by atoms with Gasteiger partial charge in [-0.15, -0.1) is 0 Å². The molecule has 0 amide bonds. The van der Waals surface area contributed by atoms with Crippen LogP contribution >= 0.6 is 11.6 Å². The number of nitrogens with zero attached hydrogens (tertiary/aromatic N) is 2. The number of alkyl halides is 3. The molecular weight excluding hydrogens is 281 g/mol. The second-order valence-electron chi connectivity index (χ2n) is 3.65. The average Bonchev–Trinajstić information content (AvgIpc) is 2.30. The van der Waals surface area contributed by atoms with Gasteiger partial charge in [0.2, 0.25) is 0 Å². The summed E-state index contributed by atoms with van der Waals surface area (Å²) in [6.45, 7) is 0. The van der Waals surface area contributed by atoms with Crippen LogP contribution in [0.15, 0.2) is 30.6 Å². The van der Waals surface area contributed by atoms with Gasteiger partial charge in [-0.1, -0.05) is 11.6 Å². The minimum absolute atomic E-state index is 0.0922. The van der Waals surface area contributed by atoms with Crippen molar-refractivity contribution >= 4 is 28.9 Å². The Hall–Kier alpha value is -2.02. The minimum atomic E-state index is -4.44. The van der Waals surface area contributed by atoms with E-state index in [1.165, 1.54) is 12.4 Å². The fourth-order valence-corrected chi connectivity index (χ4v) is 1.54. The molecule has 0 aliphatic carbocycles. The molecule has 0 spiro atoms. The van der Waals surface area contributed by atoms with Gasteiger partial charge >= 0.3 is 6.18 Å². The van der Waals surface area contributed by atoms with Crippen molar-refractivity contribution in [2.45, 2.75) is 6.18 Å². The number of benzene rings is 1. The Kier molecular flexibility index (Phi) is 3.48. The molecule has 19 heavy (non-hydrogen) atoms. The topological polar surface area (TPSA) is 63.8 Å². The molecule has 100 valence electrons. The normalized spacial score (nSPS) is 11.4. The van der Waals surface area contributed by atoms with Crippen LogP contribution in [0.25, 0.3) is 0 Å². The molecule has 0 radical (unpaired) electrons. The Morgan fingerprint density at radius 2 is 1.89 bits per heavy atom. The average molecular weight is 289 g/mol. The highest BCUT2D eigenvalue weighted by Crippen LogP contribution is 2.34. The van der Waals surface area contributed by atoms with Crippen molar-refractivity contribution in [1.29, 1.82) is 0 Å². The first-order chi connectivity index (χ1) is 8.86. The summed E-state index contributed by atoms with van der Waals surface area (Å²) in [5.74, 6) is 0.453. The zero-order chi connectivity index (χ0) is 14.0. The van der Waals surface area contributed by atoms with Crippen LogP contribution in [0.4, 0.5) is 30.5 Å². The van der Waals surface area contributed by atoms with Gasteiger partial charge < -0.3 is 11.1 Å². The van der Waals surface area contributed by atoms with E-state index in [2.05, 4.69) is 15.3 Å². The van der Waals surface area contributed by atoms with Crippen molar-refractivity contribution in [1.82, 2.24) is 9.97 Å². The molecule has 2 rings (SSSR count). The van der Waals surface area contributed by atoms with E-state index in [0.29, 0.717) is 0 Å². The summed E-state index contributed by atoms with van der Waals surface area (Å²) in [7, 11) is 0. The largest absolute Gasteiger partial charge is 0.416 e. The molecule has 0 aliphatic rings. The molecule has 0 saturated heterocycles. The lowest BCUT2D eigenvalue weighted by atomic mass is 10.2. The molecule has 1 aromatic heterocycles. The zero-order valence-electron chi connectivity index (χ0n) is 9.37. The first-order valence-corrected chi connectivity index (χ1v) is 5.45. The number of nitrogens with two attached hydrogens (primary N) is 1. The third-order valence-electron chi connectivity index (χ3n) is 2.24. The number of anilines is 3. The zero-order valence-corrected chi connectivity index (χ0v) is 10.1. The Balaban J connectivity index is 2.34. The smallest absolute Gasteiger partial charge is 0.384 e. The van der Waals surface area contributed by atoms with Gasteiger partial charge in [0.15, 0.2) is 0 Å². The molecule has 8 heteroatoms. The maximum Gasteiger partial charge on any atom is 0.416 e. The van der Waals surface area contributed by atoms with Crippen molar-refractivity contribution < 1.29 is 13.2 Å². The summed E-state index contributed by atoms with van der Waals surface area (Å²) >= 11 is 5.83. The Bertz CT molecular complexity index is 601. The highest BCUT2D eigenvalue weighted by molar-refractivity contribution is 6.33. The summed E-state index contributed by atoms with van der Waals surface area (Å²) in [5.41, 5.74) is 4.73. The first kappa shape index (κ1) is 13.4. The molecule has 0 saturated carbocycles. The maximum absolute atomic E-state index is 12.6. The summed E-state index contributed by atoms with van der Waals surface area (Å²) in [4.78, 5) is 7.50. The van der Waals surface area contributed by atoms with E-state index in [4.69, 9.17) is 17.3 Å². The number of nitrogen functional groups attached to an aromatic ring is 1. The monoisotopic (exact) mass is 288 g/mol. The van der Waals surface area contributed by atoms with Crippen LogP contribution in [0, 0.1) is 0 Å². The number of rotatable bonds is 2. The Morgan fingerprint density at radius 3 is 2.53 bits per heavy atom. The van der Waals surface area contributed by atoms with Crippen molar-refractivity contribution in [2.24, 2.45) is 0 Å². The van der Waals surface area contributed by atoms with Gasteiger partial charge in [0.05, 0.1) is 16.3 Å². The quantitative estimate of drug-likeness (QED) is 0.888. The molecule has 3 N–H and O–H groups in total. The lowest BCUT2D eigenvalue weighted by molar-refractivity contribution is -0.137. The first-order valence-electron chi connectivity index (χ1n) is 5.07. The standard InChI is InChI=1S/C11H8ClF3N4/c12-7-2-1-6(11(13,14)15)3-8(7)19-10-4-9(16)17-5-18-10/h1-5H,(H3,16,17,18,19). The lowest BCUT2D eigenvalue weighted by Crippen LogP contribution is -2.06. The summed E-state index contributed by atoms with van der Waals surface area (Å²) in [6.07, 6.45) is -3.25. The van der Waals surface area contributed by atoms with Gasteiger partial charge in [0, 0.05) is 6.07 Å². The molecule has 1 heterocycles. The van der Waals surface area contributed by atoms with E-state index >= 15 is 0 Å². The van der Waals surface area contributed by atoms with Crippen LogP contribution in [0.1, 0.15) is 5.56 Å². The summed E-state index contributed by atoms with van der Waals surface area (Å²) in [5, 5.41) is 2.81. The van der Waals surface area contributed by atoms with Crippen LogP contribution in [-0.2, 0) is 6.18 Å². The van der Waals surface area contributed by atoms with Gasteiger partial charge in [-0.05, 0) is 18.2 Å². The van der Waals surface area contributed by atoms with Gasteiger partial charge in [-0.3, -0.25) is 0 Å². The van der Waals surface area contributed by atoms with Crippen LogP contribution in [0.5, 0.6) is 0 Å². The number of aromatic nitrogens is 2. The van der Waals surface area contributed by atoms with E-state index in [0.717, 1.165) is 18.2 Å². The number of hydrogen-bond acceptors (Lipinski definition) is 4. The highest BCUT2D eigenvalue weighted by atomic mass is 35.5. The van der Waals surface area contributed by atoms with E-state index < -0.39 is 11.7 Å². The lowest BCUT2D eigenvalue weighted by Gasteiger charge is -2.11. The summed E-state index contributed by atoms with van der Waals surface area (Å²) < 4.78 is 37.8. The van der Waals surface area contributed by atoms with Crippen molar-refractivity contribution in [3.63, 3.8) is 0 Å². The van der Waals surface area contributed by atoms with E-state index in [-0.39, 0.29) is 22.3 Å². The van der Waals surface area contributed by atoms with E-state index in [9.17, 15) is 13.2 Å². The molecule has 4 nitrogen and oxygen atoms in total. The fraction of sp³-hybridized carbons (Fsp3) is 0.0909. The second kappa shape index (κ2) is 4.93. The third-order valence-corrected chi connectivity index (χ3v) is 2.57. The van der Waals surface area contributed by atoms with Gasteiger partial charge in [0.1, 0.15) is 18.0 Å². The molecule has 2 aromatic rings. The maximum atomic E-state index is 12.6. The van der Waals surface area contributed by atoms with Crippen LogP contribution in [0.2, 0.25) is 5.02 Å².